The lowest BCUT2D eigenvalue weighted by Crippen LogP contribution is -2.15. The third kappa shape index (κ3) is 7.76. The Morgan fingerprint density at radius 3 is 2.40 bits per heavy atom. The van der Waals surface area contributed by atoms with Crippen LogP contribution in [0.3, 0.4) is 0 Å². The Balaban J connectivity index is 2.65. The minimum absolute atomic E-state index is 0.0658. The van der Waals surface area contributed by atoms with Crippen LogP contribution in [0.4, 0.5) is 0 Å². The van der Waals surface area contributed by atoms with Crippen molar-refractivity contribution in [3.05, 3.63) is 0 Å². The minimum Gasteiger partial charge on any atom is -0.355 e. The smallest absolute Gasteiger partial charge is 0.203 e. The third-order valence-electron chi connectivity index (χ3n) is 0.499. The molecule has 0 saturated carbocycles. The van der Waals surface area contributed by atoms with Gasteiger partial charge in [-0.05, 0) is 0 Å². The zero-order valence-corrected chi connectivity index (χ0v) is 5.96. The van der Waals surface area contributed by atoms with Gasteiger partial charge >= 0.3 is 0 Å². The van der Waals surface area contributed by atoms with Crippen LogP contribution in [0.25, 0.3) is 0 Å². The van der Waals surface area contributed by atoms with E-state index in [0.29, 0.717) is 0 Å². The summed E-state index contributed by atoms with van der Waals surface area (Å²) in [6.07, 6.45) is 0. The highest BCUT2D eigenvalue weighted by molar-refractivity contribution is 3.86. The van der Waals surface area contributed by atoms with Gasteiger partial charge < -0.3 is 4.74 Å². The molecule has 6 nitrogen and oxygen atoms in total. The van der Waals surface area contributed by atoms with Gasteiger partial charge in [0.2, 0.25) is 6.79 Å². The second kappa shape index (κ2) is 8.76. The number of hydrogen-bond acceptors (Lipinski definition) is 6. The molecule has 62 valence electrons. The topological polar surface area (TPSA) is 58.2 Å². The lowest BCUT2D eigenvalue weighted by molar-refractivity contribution is -0.385. The first kappa shape index (κ1) is 9.76. The van der Waals surface area contributed by atoms with Gasteiger partial charge in [-0.3, -0.25) is 4.84 Å². The molecular formula is C4H11NO5. The van der Waals surface area contributed by atoms with E-state index in [1.165, 1.54) is 14.2 Å². The summed E-state index contributed by atoms with van der Waals surface area (Å²) >= 11 is 0. The Bertz CT molecular complexity index is 53.6. The average molecular weight is 153 g/mol. The van der Waals surface area contributed by atoms with Crippen LogP contribution >= 0.6 is 0 Å². The lowest BCUT2D eigenvalue weighted by atomic mass is 11.4. The van der Waals surface area contributed by atoms with Crippen molar-refractivity contribution in [1.82, 2.24) is 5.64 Å². The SMILES string of the molecule is COCOOCONOC. The molecule has 0 saturated heterocycles. The molecule has 0 amide bonds. The summed E-state index contributed by atoms with van der Waals surface area (Å²) in [5.41, 5.74) is 2.08. The zero-order valence-electron chi connectivity index (χ0n) is 5.96. The molecule has 0 radical (unpaired) electrons. The Kier molecular flexibility index (Phi) is 8.55. The molecule has 0 rings (SSSR count). The normalized spacial score (nSPS) is 10.2. The van der Waals surface area contributed by atoms with Crippen LogP contribution in [-0.4, -0.2) is 27.8 Å². The summed E-state index contributed by atoms with van der Waals surface area (Å²) in [7, 11) is 2.90. The van der Waals surface area contributed by atoms with Crippen LogP contribution < -0.4 is 5.64 Å². The van der Waals surface area contributed by atoms with E-state index in [9.17, 15) is 0 Å². The number of hydrogen-bond donors (Lipinski definition) is 1. The number of methoxy groups -OCH3 is 1. The van der Waals surface area contributed by atoms with Crippen molar-refractivity contribution < 1.29 is 24.2 Å². The summed E-state index contributed by atoms with van der Waals surface area (Å²) < 4.78 is 4.49. The van der Waals surface area contributed by atoms with Gasteiger partial charge in [-0.15, -0.1) is 0 Å². The van der Waals surface area contributed by atoms with Crippen LogP contribution in [0.1, 0.15) is 0 Å². The Labute approximate surface area is 58.8 Å². The first-order valence-corrected chi connectivity index (χ1v) is 2.55. The molecule has 6 heteroatoms. The van der Waals surface area contributed by atoms with Crippen LogP contribution in [0.2, 0.25) is 0 Å². The standard InChI is InChI=1S/C4H11NO5/c1-6-3-9-10-4-8-5-7-2/h5H,3-4H2,1-2H3. The molecule has 0 atom stereocenters. The number of ether oxygens (including phenoxy) is 1. The van der Waals surface area contributed by atoms with Gasteiger partial charge in [-0.1, -0.05) is 5.64 Å². The molecular weight excluding hydrogens is 142 g/mol. The molecule has 0 fully saturated rings. The van der Waals surface area contributed by atoms with E-state index in [1.54, 1.807) is 0 Å². The minimum atomic E-state index is -0.0722. The molecule has 0 bridgehead atoms. The lowest BCUT2D eigenvalue weighted by Gasteiger charge is -2.02. The highest BCUT2D eigenvalue weighted by Crippen LogP contribution is 1.77. The van der Waals surface area contributed by atoms with E-state index < -0.39 is 0 Å². The molecule has 0 aliphatic carbocycles. The third-order valence-corrected chi connectivity index (χ3v) is 0.499. The molecule has 0 heterocycles. The van der Waals surface area contributed by atoms with Gasteiger partial charge in [-0.25, -0.2) is 14.6 Å². The molecule has 0 aromatic rings. The predicted octanol–water partition coefficient (Wildman–Crippen LogP) is -0.421. The Hall–Kier alpha value is -0.240. The summed E-state index contributed by atoms with van der Waals surface area (Å²) in [4.78, 5) is 17.5. The van der Waals surface area contributed by atoms with Crippen LogP contribution in [0, 0.1) is 0 Å². The van der Waals surface area contributed by atoms with Crippen LogP contribution in [0.15, 0.2) is 0 Å². The van der Waals surface area contributed by atoms with E-state index in [-0.39, 0.29) is 13.6 Å². The highest BCUT2D eigenvalue weighted by Gasteiger charge is 1.85. The van der Waals surface area contributed by atoms with Crippen molar-refractivity contribution in [2.45, 2.75) is 0 Å². The quantitative estimate of drug-likeness (QED) is 0.232. The van der Waals surface area contributed by atoms with E-state index in [4.69, 9.17) is 0 Å². The Morgan fingerprint density at radius 2 is 1.80 bits per heavy atom. The fraction of sp³-hybridized carbons (Fsp3) is 1.00. The van der Waals surface area contributed by atoms with Gasteiger partial charge in [0.15, 0.2) is 6.79 Å². The second-order valence-electron chi connectivity index (χ2n) is 1.19. The molecule has 0 aliphatic rings. The van der Waals surface area contributed by atoms with Gasteiger partial charge in [0.1, 0.15) is 0 Å². The maximum absolute atomic E-state index is 4.49. The summed E-state index contributed by atoms with van der Waals surface area (Å²) in [5.74, 6) is 0. The zero-order chi connectivity index (χ0) is 7.66. The van der Waals surface area contributed by atoms with Gasteiger partial charge in [0.25, 0.3) is 0 Å². The maximum Gasteiger partial charge on any atom is 0.203 e. The molecule has 0 aromatic carbocycles. The van der Waals surface area contributed by atoms with Gasteiger partial charge in [0.05, 0.1) is 7.11 Å². The summed E-state index contributed by atoms with van der Waals surface area (Å²) in [5, 5.41) is 0. The fourth-order valence-electron chi connectivity index (χ4n) is 0.223. The van der Waals surface area contributed by atoms with E-state index >= 15 is 0 Å². The van der Waals surface area contributed by atoms with Crippen molar-refractivity contribution in [2.75, 3.05) is 27.8 Å². The predicted molar refractivity (Wildman–Crippen MR) is 30.1 cm³/mol. The molecule has 0 aromatic heterocycles. The summed E-state index contributed by atoms with van der Waals surface area (Å²) in [6.45, 7) is -0.00641. The fourth-order valence-corrected chi connectivity index (χ4v) is 0.223. The molecule has 0 aliphatic heterocycles. The van der Waals surface area contributed by atoms with Crippen LogP contribution in [-0.2, 0) is 24.2 Å². The monoisotopic (exact) mass is 153 g/mol. The van der Waals surface area contributed by atoms with Gasteiger partial charge in [-0.2, -0.15) is 0 Å². The van der Waals surface area contributed by atoms with E-state index in [1.807, 2.05) is 0 Å². The van der Waals surface area contributed by atoms with Gasteiger partial charge in [0, 0.05) is 7.11 Å². The maximum atomic E-state index is 4.49. The first-order valence-electron chi connectivity index (χ1n) is 2.55. The molecule has 1 N–H and O–H groups in total. The summed E-state index contributed by atoms with van der Waals surface area (Å²) in [6, 6.07) is 0. The number of nitrogens with one attached hydrogen (secondary N) is 1. The van der Waals surface area contributed by atoms with Crippen LogP contribution in [0.5, 0.6) is 0 Å². The Morgan fingerprint density at radius 1 is 1.10 bits per heavy atom. The second-order valence-corrected chi connectivity index (χ2v) is 1.19. The largest absolute Gasteiger partial charge is 0.355 e. The highest BCUT2D eigenvalue weighted by atomic mass is 17.2. The first-order chi connectivity index (χ1) is 4.91. The molecule has 10 heavy (non-hydrogen) atoms. The van der Waals surface area contributed by atoms with Crippen molar-refractivity contribution in [3.8, 4) is 0 Å². The van der Waals surface area contributed by atoms with Crippen molar-refractivity contribution in [2.24, 2.45) is 0 Å². The molecule has 0 unspecified atom stereocenters. The van der Waals surface area contributed by atoms with E-state index in [0.717, 1.165) is 0 Å². The van der Waals surface area contributed by atoms with Crippen molar-refractivity contribution >= 4 is 0 Å². The van der Waals surface area contributed by atoms with E-state index in [2.05, 4.69) is 29.8 Å². The number of rotatable bonds is 7. The molecule has 0 spiro atoms. The van der Waals surface area contributed by atoms with Crippen molar-refractivity contribution in [3.63, 3.8) is 0 Å². The van der Waals surface area contributed by atoms with Crippen molar-refractivity contribution in [1.29, 1.82) is 0 Å². The average Bonchev–Trinajstić information content (AvgIpc) is 1.97.